The predicted molar refractivity (Wildman–Crippen MR) is 98.5 cm³/mol. The SMILES string of the molecule is CC1=CC(CNS(C)(=O)=O)C(C(C)C)CC1CC(=O)N1CCOCC1. The van der Waals surface area contributed by atoms with Crippen LogP contribution in [0, 0.1) is 23.7 Å². The summed E-state index contributed by atoms with van der Waals surface area (Å²) in [6.07, 6.45) is 4.86. The summed E-state index contributed by atoms with van der Waals surface area (Å²) >= 11 is 0. The summed E-state index contributed by atoms with van der Waals surface area (Å²) in [5.41, 5.74) is 1.21. The average molecular weight is 373 g/mol. The van der Waals surface area contributed by atoms with Crippen molar-refractivity contribution in [2.45, 2.75) is 33.6 Å². The lowest BCUT2D eigenvalue weighted by atomic mass is 9.70. The van der Waals surface area contributed by atoms with Crippen LogP contribution < -0.4 is 4.72 Å². The lowest BCUT2D eigenvalue weighted by Gasteiger charge is -2.38. The van der Waals surface area contributed by atoms with Crippen LogP contribution in [-0.2, 0) is 19.6 Å². The zero-order valence-electron chi connectivity index (χ0n) is 15.8. The van der Waals surface area contributed by atoms with Crippen LogP contribution in [0.15, 0.2) is 11.6 Å². The van der Waals surface area contributed by atoms with Crippen LogP contribution in [0.2, 0.25) is 0 Å². The van der Waals surface area contributed by atoms with E-state index >= 15 is 0 Å². The lowest BCUT2D eigenvalue weighted by molar-refractivity contribution is -0.136. The molecule has 1 aliphatic heterocycles. The van der Waals surface area contributed by atoms with Crippen molar-refractivity contribution in [3.8, 4) is 0 Å². The van der Waals surface area contributed by atoms with Gasteiger partial charge in [-0.25, -0.2) is 13.1 Å². The first kappa shape index (κ1) is 20.4. The van der Waals surface area contributed by atoms with Gasteiger partial charge >= 0.3 is 0 Å². The summed E-state index contributed by atoms with van der Waals surface area (Å²) in [6.45, 7) is 9.47. The van der Waals surface area contributed by atoms with E-state index < -0.39 is 10.0 Å². The Morgan fingerprint density at radius 2 is 2.00 bits per heavy atom. The number of allylic oxidation sites excluding steroid dienone is 1. The highest BCUT2D eigenvalue weighted by Gasteiger charge is 2.33. The molecule has 0 aromatic heterocycles. The van der Waals surface area contributed by atoms with Crippen molar-refractivity contribution in [2.24, 2.45) is 23.7 Å². The molecule has 1 amide bonds. The van der Waals surface area contributed by atoms with Crippen molar-refractivity contribution >= 4 is 15.9 Å². The van der Waals surface area contributed by atoms with Gasteiger partial charge in [-0.3, -0.25) is 4.79 Å². The molecule has 0 bridgehead atoms. The number of nitrogens with zero attached hydrogens (tertiary/aromatic N) is 1. The van der Waals surface area contributed by atoms with Crippen molar-refractivity contribution in [3.05, 3.63) is 11.6 Å². The van der Waals surface area contributed by atoms with Gasteiger partial charge in [0.05, 0.1) is 19.5 Å². The molecular formula is C18H32N2O4S. The molecule has 0 radical (unpaired) electrons. The lowest BCUT2D eigenvalue weighted by Crippen LogP contribution is -2.42. The van der Waals surface area contributed by atoms with Crippen molar-refractivity contribution in [3.63, 3.8) is 0 Å². The van der Waals surface area contributed by atoms with Crippen LogP contribution >= 0.6 is 0 Å². The van der Waals surface area contributed by atoms with Gasteiger partial charge in [0.25, 0.3) is 0 Å². The molecule has 1 N–H and O–H groups in total. The Morgan fingerprint density at radius 1 is 1.36 bits per heavy atom. The molecule has 1 fully saturated rings. The van der Waals surface area contributed by atoms with E-state index in [0.717, 1.165) is 6.42 Å². The fourth-order valence-electron chi connectivity index (χ4n) is 3.91. The summed E-state index contributed by atoms with van der Waals surface area (Å²) in [5, 5.41) is 0. The third-order valence-electron chi connectivity index (χ3n) is 5.45. The zero-order chi connectivity index (χ0) is 18.6. The minimum Gasteiger partial charge on any atom is -0.378 e. The molecule has 3 atom stereocenters. The largest absolute Gasteiger partial charge is 0.378 e. The van der Waals surface area contributed by atoms with E-state index in [1.54, 1.807) is 0 Å². The Kier molecular flexibility index (Phi) is 7.05. The first-order valence-electron chi connectivity index (χ1n) is 9.16. The molecule has 1 aliphatic carbocycles. The van der Waals surface area contributed by atoms with Crippen molar-refractivity contribution in [2.75, 3.05) is 39.1 Å². The fourth-order valence-corrected chi connectivity index (χ4v) is 4.40. The monoisotopic (exact) mass is 372 g/mol. The third kappa shape index (κ3) is 6.08. The van der Waals surface area contributed by atoms with E-state index in [4.69, 9.17) is 4.74 Å². The van der Waals surface area contributed by atoms with Crippen LogP contribution in [0.25, 0.3) is 0 Å². The molecular weight excluding hydrogens is 340 g/mol. The van der Waals surface area contributed by atoms with E-state index in [2.05, 4.69) is 31.6 Å². The molecule has 0 spiro atoms. The number of hydrogen-bond acceptors (Lipinski definition) is 4. The molecule has 2 rings (SSSR count). The van der Waals surface area contributed by atoms with Gasteiger partial charge < -0.3 is 9.64 Å². The summed E-state index contributed by atoms with van der Waals surface area (Å²) in [7, 11) is -3.19. The Balaban J connectivity index is 2.04. The quantitative estimate of drug-likeness (QED) is 0.719. The number of morpholine rings is 1. The summed E-state index contributed by atoms with van der Waals surface area (Å²) in [5.74, 6) is 1.45. The maximum Gasteiger partial charge on any atom is 0.223 e. The van der Waals surface area contributed by atoms with Gasteiger partial charge in [0, 0.05) is 26.1 Å². The third-order valence-corrected chi connectivity index (χ3v) is 6.14. The molecule has 0 saturated carbocycles. The molecule has 0 aromatic carbocycles. The van der Waals surface area contributed by atoms with Gasteiger partial charge in [-0.2, -0.15) is 0 Å². The number of carbonyl (C=O) groups excluding carboxylic acids is 1. The molecule has 7 heteroatoms. The Morgan fingerprint density at radius 3 is 2.56 bits per heavy atom. The minimum atomic E-state index is -3.19. The Hall–Kier alpha value is -0.920. The van der Waals surface area contributed by atoms with Crippen molar-refractivity contribution in [1.29, 1.82) is 0 Å². The smallest absolute Gasteiger partial charge is 0.223 e. The number of hydrogen-bond donors (Lipinski definition) is 1. The highest BCUT2D eigenvalue weighted by Crippen LogP contribution is 2.39. The first-order chi connectivity index (χ1) is 11.7. The summed E-state index contributed by atoms with van der Waals surface area (Å²) < 4.78 is 30.8. The van der Waals surface area contributed by atoms with E-state index in [1.165, 1.54) is 11.8 Å². The van der Waals surface area contributed by atoms with E-state index in [9.17, 15) is 13.2 Å². The highest BCUT2D eigenvalue weighted by atomic mass is 32.2. The van der Waals surface area contributed by atoms with Gasteiger partial charge in [0.2, 0.25) is 15.9 Å². The van der Waals surface area contributed by atoms with Crippen LogP contribution in [-0.4, -0.2) is 58.3 Å². The van der Waals surface area contributed by atoms with Crippen molar-refractivity contribution in [1.82, 2.24) is 9.62 Å². The van der Waals surface area contributed by atoms with Gasteiger partial charge in [-0.1, -0.05) is 25.5 Å². The normalized spacial score (nSPS) is 28.1. The van der Waals surface area contributed by atoms with Gasteiger partial charge in [-0.05, 0) is 37.0 Å². The van der Waals surface area contributed by atoms with Gasteiger partial charge in [0.1, 0.15) is 0 Å². The molecule has 3 unspecified atom stereocenters. The zero-order valence-corrected chi connectivity index (χ0v) is 16.6. The van der Waals surface area contributed by atoms with E-state index in [0.29, 0.717) is 51.1 Å². The second kappa shape index (κ2) is 8.64. The first-order valence-corrected chi connectivity index (χ1v) is 11.0. The number of ether oxygens (including phenoxy) is 1. The Bertz CT molecular complexity index is 594. The standard InChI is InChI=1S/C18H32N2O4S/c1-13(2)17-10-15(11-18(21)20-5-7-24-8-6-20)14(3)9-16(17)12-19-25(4,22)23/h9,13,15-17,19H,5-8,10-12H2,1-4H3. The number of amides is 1. The van der Waals surface area contributed by atoms with Crippen LogP contribution in [0.4, 0.5) is 0 Å². The molecule has 144 valence electrons. The maximum atomic E-state index is 12.6. The molecule has 1 heterocycles. The molecule has 2 aliphatic rings. The number of nitrogens with one attached hydrogen (secondary N) is 1. The Labute approximate surface area is 152 Å². The average Bonchev–Trinajstić information content (AvgIpc) is 2.54. The minimum absolute atomic E-state index is 0.185. The highest BCUT2D eigenvalue weighted by molar-refractivity contribution is 7.88. The summed E-state index contributed by atoms with van der Waals surface area (Å²) in [4.78, 5) is 14.5. The predicted octanol–water partition coefficient (Wildman–Crippen LogP) is 1.64. The number of sulfonamides is 1. The number of rotatable bonds is 6. The topological polar surface area (TPSA) is 75.7 Å². The molecule has 0 aromatic rings. The van der Waals surface area contributed by atoms with Gasteiger partial charge in [-0.15, -0.1) is 0 Å². The van der Waals surface area contributed by atoms with Crippen LogP contribution in [0.5, 0.6) is 0 Å². The van der Waals surface area contributed by atoms with E-state index in [-0.39, 0.29) is 17.7 Å². The van der Waals surface area contributed by atoms with Gasteiger partial charge in [0.15, 0.2) is 0 Å². The van der Waals surface area contributed by atoms with Crippen LogP contribution in [0.1, 0.15) is 33.6 Å². The number of carbonyl (C=O) groups is 1. The van der Waals surface area contributed by atoms with Crippen molar-refractivity contribution < 1.29 is 17.9 Å². The van der Waals surface area contributed by atoms with Crippen LogP contribution in [0.3, 0.4) is 0 Å². The molecule has 6 nitrogen and oxygen atoms in total. The second-order valence-electron chi connectivity index (χ2n) is 7.73. The fraction of sp³-hybridized carbons (Fsp3) is 0.833. The molecule has 25 heavy (non-hydrogen) atoms. The van der Waals surface area contributed by atoms with E-state index in [1.807, 2.05) is 4.90 Å². The summed E-state index contributed by atoms with van der Waals surface area (Å²) in [6, 6.07) is 0. The second-order valence-corrected chi connectivity index (χ2v) is 9.57. The molecule has 1 saturated heterocycles. The maximum absolute atomic E-state index is 12.6.